The van der Waals surface area contributed by atoms with Gasteiger partial charge in [0.25, 0.3) is 5.82 Å². The van der Waals surface area contributed by atoms with Crippen LogP contribution in [0, 0.1) is 0 Å². The van der Waals surface area contributed by atoms with Gasteiger partial charge >= 0.3 is 12.1 Å². The summed E-state index contributed by atoms with van der Waals surface area (Å²) in [5.41, 5.74) is -0.978. The van der Waals surface area contributed by atoms with Crippen LogP contribution in [0.25, 0.3) is 0 Å². The molecule has 0 aliphatic carbocycles. The van der Waals surface area contributed by atoms with E-state index in [-0.39, 0.29) is 0 Å². The Labute approximate surface area is 79.5 Å². The van der Waals surface area contributed by atoms with E-state index in [1.807, 2.05) is 0 Å². The predicted molar refractivity (Wildman–Crippen MR) is 36.8 cm³/mol. The number of alkyl halides is 3. The third-order valence-electron chi connectivity index (χ3n) is 1.10. The summed E-state index contributed by atoms with van der Waals surface area (Å²) in [6.07, 6.45) is -4.85. The Bertz CT molecular complexity index is 381. The number of carboxylic acid groups (broad SMARTS) is 1. The second-order valence-electron chi connectivity index (χ2n) is 2.08. The maximum absolute atomic E-state index is 12.0. The van der Waals surface area contributed by atoms with E-state index in [2.05, 4.69) is 15.2 Å². The lowest BCUT2D eigenvalue weighted by molar-refractivity contribution is -0.145. The fourth-order valence-corrected chi connectivity index (χ4v) is 0.730. The Morgan fingerprint density at radius 2 is 1.93 bits per heavy atom. The number of halogens is 4. The van der Waals surface area contributed by atoms with Crippen LogP contribution in [0.3, 0.4) is 0 Å². The molecular formula is C5HClF3N3O2. The van der Waals surface area contributed by atoms with E-state index in [1.165, 1.54) is 0 Å². The average molecular weight is 228 g/mol. The van der Waals surface area contributed by atoms with Crippen LogP contribution >= 0.6 is 11.6 Å². The van der Waals surface area contributed by atoms with Gasteiger partial charge in [0.05, 0.1) is 0 Å². The highest BCUT2D eigenvalue weighted by molar-refractivity contribution is 6.31. The highest BCUT2D eigenvalue weighted by Gasteiger charge is 2.36. The first-order valence-corrected chi connectivity index (χ1v) is 3.41. The SMILES string of the molecule is O=C(O)c1nc(C(F)(F)F)nnc1Cl. The fourth-order valence-electron chi connectivity index (χ4n) is 0.569. The van der Waals surface area contributed by atoms with Crippen LogP contribution in [0.4, 0.5) is 13.2 Å². The van der Waals surface area contributed by atoms with Crippen LogP contribution < -0.4 is 0 Å². The Balaban J connectivity index is 3.27. The molecule has 0 saturated heterocycles. The molecule has 1 aromatic rings. The van der Waals surface area contributed by atoms with Gasteiger partial charge in [-0.2, -0.15) is 13.2 Å². The number of carbonyl (C=O) groups is 1. The molecule has 5 nitrogen and oxygen atoms in total. The Morgan fingerprint density at radius 3 is 2.36 bits per heavy atom. The molecule has 1 heterocycles. The molecular weight excluding hydrogens is 227 g/mol. The molecule has 0 spiro atoms. The van der Waals surface area contributed by atoms with Crippen molar-refractivity contribution in [1.82, 2.24) is 15.2 Å². The maximum atomic E-state index is 12.0. The Morgan fingerprint density at radius 1 is 1.36 bits per heavy atom. The van der Waals surface area contributed by atoms with Crippen molar-refractivity contribution >= 4 is 17.6 Å². The van der Waals surface area contributed by atoms with Gasteiger partial charge in [-0.05, 0) is 0 Å². The maximum Gasteiger partial charge on any atom is 0.453 e. The van der Waals surface area contributed by atoms with Gasteiger partial charge in [0, 0.05) is 0 Å². The summed E-state index contributed by atoms with van der Waals surface area (Å²) < 4.78 is 35.9. The summed E-state index contributed by atoms with van der Waals surface area (Å²) in [6.45, 7) is 0. The minimum absolute atomic E-state index is 0.689. The number of nitrogens with zero attached hydrogens (tertiary/aromatic N) is 3. The molecule has 0 radical (unpaired) electrons. The van der Waals surface area contributed by atoms with E-state index in [0.29, 0.717) is 0 Å². The monoisotopic (exact) mass is 227 g/mol. The molecule has 14 heavy (non-hydrogen) atoms. The molecule has 0 aromatic carbocycles. The van der Waals surface area contributed by atoms with Crippen molar-refractivity contribution in [3.63, 3.8) is 0 Å². The van der Waals surface area contributed by atoms with Crippen LogP contribution in [-0.4, -0.2) is 26.3 Å². The number of hydrogen-bond acceptors (Lipinski definition) is 4. The molecule has 0 unspecified atom stereocenters. The average Bonchev–Trinajstić information content (AvgIpc) is 2.02. The highest BCUT2D eigenvalue weighted by atomic mass is 35.5. The number of aromatic carboxylic acids is 1. The zero-order chi connectivity index (χ0) is 10.9. The van der Waals surface area contributed by atoms with E-state index in [4.69, 9.17) is 16.7 Å². The molecule has 76 valence electrons. The van der Waals surface area contributed by atoms with Gasteiger partial charge in [-0.1, -0.05) is 11.6 Å². The zero-order valence-corrected chi connectivity index (χ0v) is 6.96. The van der Waals surface area contributed by atoms with Crippen LogP contribution in [0.1, 0.15) is 16.3 Å². The summed E-state index contributed by atoms with van der Waals surface area (Å²) in [5, 5.41) is 13.1. The van der Waals surface area contributed by atoms with Gasteiger partial charge in [-0.3, -0.25) is 0 Å². The molecule has 0 bridgehead atoms. The van der Waals surface area contributed by atoms with Crippen molar-refractivity contribution in [2.24, 2.45) is 0 Å². The van der Waals surface area contributed by atoms with Crippen molar-refractivity contribution < 1.29 is 23.1 Å². The smallest absolute Gasteiger partial charge is 0.453 e. The van der Waals surface area contributed by atoms with E-state index < -0.39 is 28.8 Å². The quantitative estimate of drug-likeness (QED) is 0.781. The lowest BCUT2D eigenvalue weighted by Crippen LogP contribution is -2.16. The summed E-state index contributed by atoms with van der Waals surface area (Å²) in [4.78, 5) is 13.0. The van der Waals surface area contributed by atoms with Gasteiger partial charge in [0.15, 0.2) is 10.8 Å². The first-order valence-electron chi connectivity index (χ1n) is 3.03. The summed E-state index contributed by atoms with van der Waals surface area (Å²) >= 11 is 5.16. The molecule has 0 amide bonds. The van der Waals surface area contributed by atoms with Gasteiger partial charge in [0.1, 0.15) is 0 Å². The number of rotatable bonds is 1. The topological polar surface area (TPSA) is 76.0 Å². The standard InChI is InChI=1S/C5HClF3N3O2/c6-2-1(3(13)14)10-4(12-11-2)5(7,8)9/h(H,13,14). The van der Waals surface area contributed by atoms with Crippen LogP contribution in [0.5, 0.6) is 0 Å². The number of hydrogen-bond donors (Lipinski definition) is 1. The predicted octanol–water partition coefficient (Wildman–Crippen LogP) is 1.24. The van der Waals surface area contributed by atoms with Crippen molar-refractivity contribution in [1.29, 1.82) is 0 Å². The van der Waals surface area contributed by atoms with E-state index in [1.54, 1.807) is 0 Å². The van der Waals surface area contributed by atoms with Gasteiger partial charge in [0.2, 0.25) is 0 Å². The van der Waals surface area contributed by atoms with Crippen molar-refractivity contribution in [3.05, 3.63) is 16.7 Å². The van der Waals surface area contributed by atoms with Crippen molar-refractivity contribution in [3.8, 4) is 0 Å². The first-order chi connectivity index (χ1) is 6.32. The van der Waals surface area contributed by atoms with Gasteiger partial charge in [-0.15, -0.1) is 10.2 Å². The lowest BCUT2D eigenvalue weighted by Gasteiger charge is -2.04. The second kappa shape index (κ2) is 3.37. The first kappa shape index (κ1) is 10.6. The second-order valence-corrected chi connectivity index (χ2v) is 2.44. The lowest BCUT2D eigenvalue weighted by atomic mass is 10.4. The van der Waals surface area contributed by atoms with Crippen molar-refractivity contribution in [2.75, 3.05) is 0 Å². The van der Waals surface area contributed by atoms with Gasteiger partial charge < -0.3 is 5.11 Å². The number of aromatic nitrogens is 3. The number of carboxylic acids is 1. The van der Waals surface area contributed by atoms with E-state index in [9.17, 15) is 18.0 Å². The molecule has 9 heteroatoms. The zero-order valence-electron chi connectivity index (χ0n) is 6.21. The molecule has 0 aliphatic heterocycles. The third-order valence-corrected chi connectivity index (χ3v) is 1.36. The summed E-state index contributed by atoms with van der Waals surface area (Å²) in [7, 11) is 0. The van der Waals surface area contributed by atoms with Gasteiger partial charge in [-0.25, -0.2) is 9.78 Å². The Hall–Kier alpha value is -1.44. The van der Waals surface area contributed by atoms with Crippen LogP contribution in [0.2, 0.25) is 5.15 Å². The molecule has 1 aromatic heterocycles. The summed E-state index contributed by atoms with van der Waals surface area (Å²) in [6, 6.07) is 0. The molecule has 1 N–H and O–H groups in total. The third kappa shape index (κ3) is 2.08. The normalized spacial score (nSPS) is 11.4. The molecule has 0 saturated carbocycles. The molecule has 0 atom stereocenters. The van der Waals surface area contributed by atoms with Crippen LogP contribution in [0.15, 0.2) is 0 Å². The molecule has 0 aliphatic rings. The molecule has 1 rings (SSSR count). The fraction of sp³-hybridized carbons (Fsp3) is 0.200. The molecule has 0 fully saturated rings. The van der Waals surface area contributed by atoms with E-state index >= 15 is 0 Å². The summed E-state index contributed by atoms with van der Waals surface area (Å²) in [5.74, 6) is -3.34. The van der Waals surface area contributed by atoms with E-state index in [0.717, 1.165) is 0 Å². The van der Waals surface area contributed by atoms with Crippen LogP contribution in [-0.2, 0) is 6.18 Å². The minimum atomic E-state index is -4.85. The highest BCUT2D eigenvalue weighted by Crippen LogP contribution is 2.26. The minimum Gasteiger partial charge on any atom is -0.476 e. The largest absolute Gasteiger partial charge is 0.476 e. The Kier molecular flexibility index (Phi) is 2.56. The van der Waals surface area contributed by atoms with Crippen molar-refractivity contribution in [2.45, 2.75) is 6.18 Å².